The lowest BCUT2D eigenvalue weighted by Gasteiger charge is -2.33. The van der Waals surface area contributed by atoms with Gasteiger partial charge in [0.15, 0.2) is 5.82 Å². The van der Waals surface area contributed by atoms with E-state index in [1.54, 1.807) is 0 Å². The predicted octanol–water partition coefficient (Wildman–Crippen LogP) is -0.243. The smallest absolute Gasteiger partial charge is 0.379 e. The molecular formula is C11H14F3N5O2. The van der Waals surface area contributed by atoms with Crippen LogP contribution in [-0.4, -0.2) is 50.9 Å². The van der Waals surface area contributed by atoms with E-state index >= 15 is 0 Å². The summed E-state index contributed by atoms with van der Waals surface area (Å²) < 4.78 is 44.3. The van der Waals surface area contributed by atoms with Gasteiger partial charge < -0.3 is 19.9 Å². The Morgan fingerprint density at radius 1 is 1.33 bits per heavy atom. The summed E-state index contributed by atoms with van der Waals surface area (Å²) in [5, 5.41) is 6.70. The second-order valence-corrected chi connectivity index (χ2v) is 5.27. The van der Waals surface area contributed by atoms with Crippen LogP contribution in [0, 0.1) is 0 Å². The molecule has 0 bridgehead atoms. The van der Waals surface area contributed by atoms with E-state index in [1.165, 1.54) is 4.90 Å². The minimum Gasteiger partial charge on any atom is -0.379 e. The fourth-order valence-electron chi connectivity index (χ4n) is 2.61. The molecule has 7 nitrogen and oxygen atoms in total. The van der Waals surface area contributed by atoms with Crippen LogP contribution in [0.4, 0.5) is 13.2 Å². The van der Waals surface area contributed by atoms with Crippen LogP contribution in [0.1, 0.15) is 18.1 Å². The maximum Gasteiger partial charge on any atom is 0.451 e. The van der Waals surface area contributed by atoms with E-state index in [0.29, 0.717) is 13.0 Å². The van der Waals surface area contributed by atoms with E-state index in [4.69, 9.17) is 10.5 Å². The molecule has 0 aliphatic carbocycles. The number of rotatable bonds is 1. The summed E-state index contributed by atoms with van der Waals surface area (Å²) >= 11 is 0. The monoisotopic (exact) mass is 305 g/mol. The van der Waals surface area contributed by atoms with Crippen LogP contribution in [0.3, 0.4) is 0 Å². The van der Waals surface area contributed by atoms with E-state index in [2.05, 4.69) is 10.2 Å². The van der Waals surface area contributed by atoms with Crippen molar-refractivity contribution in [3.8, 4) is 0 Å². The van der Waals surface area contributed by atoms with Gasteiger partial charge in [0, 0.05) is 19.7 Å². The quantitative estimate of drug-likeness (QED) is 0.773. The lowest BCUT2D eigenvalue weighted by Crippen LogP contribution is -2.57. The number of carbonyl (C=O) groups is 1. The van der Waals surface area contributed by atoms with Crippen molar-refractivity contribution in [3.05, 3.63) is 11.6 Å². The number of nitrogens with zero attached hydrogens (tertiary/aromatic N) is 4. The molecule has 1 saturated heterocycles. The Morgan fingerprint density at radius 3 is 2.71 bits per heavy atom. The first-order valence-electron chi connectivity index (χ1n) is 6.46. The lowest BCUT2D eigenvalue weighted by atomic mass is 9.98. The Labute approximate surface area is 117 Å². The van der Waals surface area contributed by atoms with Gasteiger partial charge in [0.05, 0.1) is 13.2 Å². The molecule has 0 saturated carbocycles. The Hall–Kier alpha value is -1.68. The van der Waals surface area contributed by atoms with E-state index in [0.717, 1.165) is 4.57 Å². The Morgan fingerprint density at radius 2 is 2.10 bits per heavy atom. The average Bonchev–Trinajstić information content (AvgIpc) is 3.03. The van der Waals surface area contributed by atoms with Gasteiger partial charge in [0.1, 0.15) is 5.54 Å². The van der Waals surface area contributed by atoms with Crippen molar-refractivity contribution in [3.63, 3.8) is 0 Å². The fraction of sp³-hybridized carbons (Fsp3) is 0.727. The number of halogens is 3. The van der Waals surface area contributed by atoms with Gasteiger partial charge in [-0.05, 0) is 6.42 Å². The molecule has 21 heavy (non-hydrogen) atoms. The molecule has 0 spiro atoms. The first-order chi connectivity index (χ1) is 9.81. The van der Waals surface area contributed by atoms with Crippen LogP contribution < -0.4 is 5.73 Å². The summed E-state index contributed by atoms with van der Waals surface area (Å²) in [7, 11) is 0. The summed E-state index contributed by atoms with van der Waals surface area (Å²) in [6.07, 6.45) is -4.14. The molecule has 2 N–H and O–H groups in total. The van der Waals surface area contributed by atoms with Crippen LogP contribution in [-0.2, 0) is 28.8 Å². The second kappa shape index (κ2) is 4.67. The summed E-state index contributed by atoms with van der Waals surface area (Å²) in [6, 6.07) is 0. The van der Waals surface area contributed by atoms with Gasteiger partial charge in [-0.2, -0.15) is 13.2 Å². The molecule has 1 fully saturated rings. The minimum absolute atomic E-state index is 0.000145. The van der Waals surface area contributed by atoms with Gasteiger partial charge >= 0.3 is 6.18 Å². The predicted molar refractivity (Wildman–Crippen MR) is 62.8 cm³/mol. The molecule has 0 radical (unpaired) electrons. The third kappa shape index (κ3) is 2.38. The van der Waals surface area contributed by atoms with E-state index in [-0.39, 0.29) is 38.0 Å². The number of alkyl halides is 3. The number of hydrogen-bond donors (Lipinski definition) is 1. The van der Waals surface area contributed by atoms with Crippen molar-refractivity contribution in [1.82, 2.24) is 19.7 Å². The zero-order valence-electron chi connectivity index (χ0n) is 11.1. The highest BCUT2D eigenvalue weighted by Crippen LogP contribution is 2.30. The van der Waals surface area contributed by atoms with Crippen LogP contribution >= 0.6 is 0 Å². The number of aromatic nitrogens is 3. The number of ether oxygens (including phenoxy) is 1. The third-order valence-corrected chi connectivity index (χ3v) is 3.77. The maximum absolute atomic E-state index is 12.7. The normalized spacial score (nSPS) is 26.0. The molecular weight excluding hydrogens is 291 g/mol. The second-order valence-electron chi connectivity index (χ2n) is 5.27. The van der Waals surface area contributed by atoms with Crippen LogP contribution in [0.25, 0.3) is 0 Å². The summed E-state index contributed by atoms with van der Waals surface area (Å²) in [5.74, 6) is -1.23. The number of hydrogen-bond acceptors (Lipinski definition) is 5. The van der Waals surface area contributed by atoms with Crippen molar-refractivity contribution in [2.24, 2.45) is 5.73 Å². The number of carbonyl (C=O) groups excluding carboxylic acids is 1. The molecule has 1 aromatic rings. The molecule has 1 amide bonds. The SMILES string of the molecule is NC1(C(=O)N2CCn3c(nnc3C(F)(F)F)C2)CCOC1. The van der Waals surface area contributed by atoms with Crippen LogP contribution in [0.15, 0.2) is 0 Å². The van der Waals surface area contributed by atoms with E-state index < -0.39 is 17.5 Å². The molecule has 2 aliphatic heterocycles. The van der Waals surface area contributed by atoms with Gasteiger partial charge in [-0.15, -0.1) is 10.2 Å². The highest BCUT2D eigenvalue weighted by molar-refractivity contribution is 5.86. The average molecular weight is 305 g/mol. The molecule has 10 heteroatoms. The van der Waals surface area contributed by atoms with Gasteiger partial charge in [-0.1, -0.05) is 0 Å². The lowest BCUT2D eigenvalue weighted by molar-refractivity contribution is -0.148. The summed E-state index contributed by atoms with van der Waals surface area (Å²) in [4.78, 5) is 13.8. The van der Waals surface area contributed by atoms with Crippen molar-refractivity contribution >= 4 is 5.91 Å². The zero-order chi connectivity index (χ0) is 15.3. The Balaban J connectivity index is 1.79. The standard InChI is InChI=1S/C11H14F3N5O2/c12-11(13,14)8-17-16-7-5-18(2-3-19(7)8)9(20)10(15)1-4-21-6-10/h1-6,15H2. The highest BCUT2D eigenvalue weighted by Gasteiger charge is 2.44. The molecule has 3 rings (SSSR count). The molecule has 0 aromatic carbocycles. The Bertz CT molecular complexity index is 565. The van der Waals surface area contributed by atoms with Crippen molar-refractivity contribution < 1.29 is 22.7 Å². The van der Waals surface area contributed by atoms with Crippen molar-refractivity contribution in [2.45, 2.75) is 31.2 Å². The summed E-state index contributed by atoms with van der Waals surface area (Å²) in [5.41, 5.74) is 4.90. The van der Waals surface area contributed by atoms with E-state index in [1.807, 2.05) is 0 Å². The van der Waals surface area contributed by atoms with Crippen LogP contribution in [0.2, 0.25) is 0 Å². The maximum atomic E-state index is 12.7. The van der Waals surface area contributed by atoms with Gasteiger partial charge in [-0.3, -0.25) is 4.79 Å². The first-order valence-corrected chi connectivity index (χ1v) is 6.46. The zero-order valence-corrected chi connectivity index (χ0v) is 11.1. The van der Waals surface area contributed by atoms with Crippen molar-refractivity contribution in [1.29, 1.82) is 0 Å². The number of amides is 1. The van der Waals surface area contributed by atoms with E-state index in [9.17, 15) is 18.0 Å². The first kappa shape index (κ1) is 14.3. The number of fused-ring (bicyclic) bond motifs is 1. The van der Waals surface area contributed by atoms with Gasteiger partial charge in [-0.25, -0.2) is 0 Å². The van der Waals surface area contributed by atoms with Crippen molar-refractivity contribution in [2.75, 3.05) is 19.8 Å². The largest absolute Gasteiger partial charge is 0.451 e. The fourth-order valence-corrected chi connectivity index (χ4v) is 2.61. The third-order valence-electron chi connectivity index (χ3n) is 3.77. The molecule has 1 aromatic heterocycles. The molecule has 1 unspecified atom stereocenters. The molecule has 1 atom stereocenters. The molecule has 3 heterocycles. The minimum atomic E-state index is -4.55. The molecule has 116 valence electrons. The molecule has 2 aliphatic rings. The van der Waals surface area contributed by atoms with Gasteiger partial charge in [0.25, 0.3) is 0 Å². The van der Waals surface area contributed by atoms with Crippen LogP contribution in [0.5, 0.6) is 0 Å². The number of nitrogens with two attached hydrogens (primary N) is 1. The summed E-state index contributed by atoms with van der Waals surface area (Å²) in [6.45, 7) is 0.653. The topological polar surface area (TPSA) is 86.3 Å². The van der Waals surface area contributed by atoms with Gasteiger partial charge in [0.2, 0.25) is 11.7 Å². The Kier molecular flexibility index (Phi) is 3.17. The highest BCUT2D eigenvalue weighted by atomic mass is 19.4.